The van der Waals surface area contributed by atoms with Gasteiger partial charge in [0, 0.05) is 27.9 Å². The first kappa shape index (κ1) is 38.5. The Morgan fingerprint density at radius 1 is 0.312 bits per heavy atom. The molecular formula is C63H51N. The molecule has 9 aromatic carbocycles. The fraction of sp³-hybridized carbons (Fsp3) is 0.143. The van der Waals surface area contributed by atoms with Crippen molar-refractivity contribution >= 4 is 17.1 Å². The van der Waals surface area contributed by atoms with Crippen LogP contribution in [0.5, 0.6) is 0 Å². The molecule has 0 heterocycles. The predicted octanol–water partition coefficient (Wildman–Crippen LogP) is 17.4. The van der Waals surface area contributed by atoms with Crippen LogP contribution in [0.4, 0.5) is 17.1 Å². The van der Waals surface area contributed by atoms with Gasteiger partial charge in [0.15, 0.2) is 0 Å². The Labute approximate surface area is 378 Å². The first-order valence-corrected chi connectivity index (χ1v) is 23.2. The summed E-state index contributed by atoms with van der Waals surface area (Å²) in [7, 11) is 0. The molecule has 3 aliphatic rings. The molecule has 0 bridgehead atoms. The number of anilines is 3. The maximum Gasteiger partial charge on any atom is 0.0467 e. The fourth-order valence-electron chi connectivity index (χ4n) is 11.9. The summed E-state index contributed by atoms with van der Waals surface area (Å²) in [5.74, 6) is 0. The van der Waals surface area contributed by atoms with Crippen LogP contribution in [-0.2, 0) is 10.8 Å². The van der Waals surface area contributed by atoms with Crippen LogP contribution in [0.1, 0.15) is 68.2 Å². The number of nitrogens with zero attached hydrogens (tertiary/aromatic N) is 1. The Bertz CT molecular complexity index is 3200. The maximum absolute atomic E-state index is 2.55. The van der Waals surface area contributed by atoms with E-state index in [2.05, 4.69) is 231 Å². The number of hydrogen-bond acceptors (Lipinski definition) is 1. The van der Waals surface area contributed by atoms with E-state index in [1.165, 1.54) is 127 Å². The molecule has 0 aromatic heterocycles. The Morgan fingerprint density at radius 2 is 0.797 bits per heavy atom. The Balaban J connectivity index is 0.980. The van der Waals surface area contributed by atoms with Crippen molar-refractivity contribution in [1.82, 2.24) is 0 Å². The van der Waals surface area contributed by atoms with E-state index in [0.29, 0.717) is 0 Å². The van der Waals surface area contributed by atoms with Gasteiger partial charge in [-0.05, 0) is 138 Å². The zero-order chi connectivity index (χ0) is 42.8. The summed E-state index contributed by atoms with van der Waals surface area (Å²) >= 11 is 0. The van der Waals surface area contributed by atoms with Gasteiger partial charge >= 0.3 is 0 Å². The number of benzene rings is 9. The van der Waals surface area contributed by atoms with Crippen LogP contribution in [0.25, 0.3) is 66.8 Å². The molecule has 3 aliphatic carbocycles. The molecule has 1 spiro atoms. The van der Waals surface area contributed by atoms with Crippen molar-refractivity contribution in [3.05, 3.63) is 235 Å². The first-order valence-electron chi connectivity index (χ1n) is 23.2. The summed E-state index contributed by atoms with van der Waals surface area (Å²) in [5, 5.41) is 0. The summed E-state index contributed by atoms with van der Waals surface area (Å²) in [4.78, 5) is 2.50. The molecule has 0 N–H and O–H groups in total. The van der Waals surface area contributed by atoms with Gasteiger partial charge in [0.25, 0.3) is 0 Å². The largest absolute Gasteiger partial charge is 0.310 e. The molecular weight excluding hydrogens is 771 g/mol. The summed E-state index contributed by atoms with van der Waals surface area (Å²) in [6.07, 6.45) is 6.26. The van der Waals surface area contributed by atoms with E-state index in [1.807, 2.05) is 0 Å². The quantitative estimate of drug-likeness (QED) is 0.155. The van der Waals surface area contributed by atoms with Crippen molar-refractivity contribution in [3.8, 4) is 66.8 Å². The topological polar surface area (TPSA) is 3.24 Å². The standard InChI is InChI=1S/C63H51N/c1-62(2)58-27-11-9-24-55(58)57-26-16-25-53(61(57)62)47-19-15-20-49(41-47)64(50-37-38-56-54-23-10-12-28-59(54)63(60(56)42-50)39-13-4-14-40-63)48-35-33-46(34-36-48)52-22-8-7-21-51(52)45-31-29-44(30-32-45)43-17-5-3-6-18-43/h3,5-12,15-38,41-42H,4,13-14,39-40H2,1-2H3. The third-order valence-electron chi connectivity index (χ3n) is 14.9. The Hall–Kier alpha value is -7.22. The van der Waals surface area contributed by atoms with Crippen molar-refractivity contribution in [2.24, 2.45) is 0 Å². The highest BCUT2D eigenvalue weighted by Gasteiger charge is 2.44. The molecule has 0 radical (unpaired) electrons. The molecule has 0 atom stereocenters. The average molecular weight is 822 g/mol. The highest BCUT2D eigenvalue weighted by molar-refractivity contribution is 5.92. The molecule has 64 heavy (non-hydrogen) atoms. The lowest BCUT2D eigenvalue weighted by atomic mass is 9.68. The molecule has 308 valence electrons. The van der Waals surface area contributed by atoms with Gasteiger partial charge in [-0.3, -0.25) is 0 Å². The Morgan fingerprint density at radius 3 is 1.52 bits per heavy atom. The van der Waals surface area contributed by atoms with Crippen molar-refractivity contribution < 1.29 is 0 Å². The van der Waals surface area contributed by atoms with Crippen LogP contribution in [0, 0.1) is 0 Å². The van der Waals surface area contributed by atoms with Crippen LogP contribution >= 0.6 is 0 Å². The van der Waals surface area contributed by atoms with Crippen LogP contribution in [0.3, 0.4) is 0 Å². The predicted molar refractivity (Wildman–Crippen MR) is 270 cm³/mol. The van der Waals surface area contributed by atoms with Crippen molar-refractivity contribution in [2.45, 2.75) is 56.8 Å². The molecule has 9 aromatic rings. The van der Waals surface area contributed by atoms with Gasteiger partial charge in [-0.2, -0.15) is 0 Å². The molecule has 12 rings (SSSR count). The van der Waals surface area contributed by atoms with E-state index in [1.54, 1.807) is 0 Å². The van der Waals surface area contributed by atoms with Gasteiger partial charge in [-0.25, -0.2) is 0 Å². The lowest BCUT2D eigenvalue weighted by Crippen LogP contribution is -2.28. The number of fused-ring (bicyclic) bond motifs is 8. The molecule has 1 nitrogen and oxygen atoms in total. The fourth-order valence-corrected chi connectivity index (χ4v) is 11.9. The summed E-state index contributed by atoms with van der Waals surface area (Å²) in [6, 6.07) is 79.5. The molecule has 0 unspecified atom stereocenters. The molecule has 1 heteroatoms. The lowest BCUT2D eigenvalue weighted by molar-refractivity contribution is 0.353. The number of hydrogen-bond donors (Lipinski definition) is 0. The van der Waals surface area contributed by atoms with Crippen molar-refractivity contribution in [1.29, 1.82) is 0 Å². The van der Waals surface area contributed by atoms with E-state index >= 15 is 0 Å². The number of rotatable bonds is 7. The monoisotopic (exact) mass is 821 g/mol. The van der Waals surface area contributed by atoms with E-state index in [-0.39, 0.29) is 10.8 Å². The lowest BCUT2D eigenvalue weighted by Gasteiger charge is -2.36. The van der Waals surface area contributed by atoms with Gasteiger partial charge in [0.1, 0.15) is 0 Å². The molecule has 1 fully saturated rings. The van der Waals surface area contributed by atoms with Crippen molar-refractivity contribution in [3.63, 3.8) is 0 Å². The van der Waals surface area contributed by atoms with Crippen LogP contribution in [-0.4, -0.2) is 0 Å². The maximum atomic E-state index is 2.55. The van der Waals surface area contributed by atoms with Crippen LogP contribution < -0.4 is 4.90 Å². The smallest absolute Gasteiger partial charge is 0.0467 e. The molecule has 0 saturated heterocycles. The highest BCUT2D eigenvalue weighted by Crippen LogP contribution is 2.57. The molecule has 1 saturated carbocycles. The second-order valence-electron chi connectivity index (χ2n) is 18.7. The van der Waals surface area contributed by atoms with Gasteiger partial charge in [-0.1, -0.05) is 209 Å². The van der Waals surface area contributed by atoms with Crippen molar-refractivity contribution in [2.75, 3.05) is 4.90 Å². The van der Waals surface area contributed by atoms with E-state index in [0.717, 1.165) is 11.4 Å². The molecule has 0 amide bonds. The normalized spacial score (nSPS) is 15.0. The summed E-state index contributed by atoms with van der Waals surface area (Å²) in [6.45, 7) is 4.78. The SMILES string of the molecule is CC1(C)c2ccccc2-c2cccc(-c3cccc(N(c4ccc(-c5ccccc5-c5ccc(-c6ccccc6)cc5)cc4)c4ccc5c(c4)C4(CCCCC4)c4ccccc4-5)c3)c21. The summed E-state index contributed by atoms with van der Waals surface area (Å²) < 4.78 is 0. The third-order valence-corrected chi connectivity index (χ3v) is 14.9. The minimum absolute atomic E-state index is 0.0613. The third kappa shape index (κ3) is 6.13. The van der Waals surface area contributed by atoms with Gasteiger partial charge in [0.2, 0.25) is 0 Å². The van der Waals surface area contributed by atoms with E-state index < -0.39 is 0 Å². The first-order chi connectivity index (χ1) is 31.5. The second kappa shape index (κ2) is 15.2. The van der Waals surface area contributed by atoms with Crippen LogP contribution in [0.2, 0.25) is 0 Å². The summed E-state index contributed by atoms with van der Waals surface area (Å²) in [5.41, 5.74) is 24.7. The zero-order valence-corrected chi connectivity index (χ0v) is 36.7. The Kier molecular flexibility index (Phi) is 9.16. The van der Waals surface area contributed by atoms with Crippen LogP contribution in [0.15, 0.2) is 212 Å². The molecule has 0 aliphatic heterocycles. The van der Waals surface area contributed by atoms with Gasteiger partial charge in [-0.15, -0.1) is 0 Å². The second-order valence-corrected chi connectivity index (χ2v) is 18.7. The van der Waals surface area contributed by atoms with Gasteiger partial charge < -0.3 is 4.90 Å². The zero-order valence-electron chi connectivity index (χ0n) is 36.7. The highest BCUT2D eigenvalue weighted by atomic mass is 15.1. The van der Waals surface area contributed by atoms with Gasteiger partial charge in [0.05, 0.1) is 0 Å². The minimum Gasteiger partial charge on any atom is -0.310 e. The van der Waals surface area contributed by atoms with E-state index in [9.17, 15) is 0 Å². The average Bonchev–Trinajstić information content (AvgIpc) is 3.76. The van der Waals surface area contributed by atoms with E-state index in [4.69, 9.17) is 0 Å². The minimum atomic E-state index is -0.114.